The lowest BCUT2D eigenvalue weighted by Crippen LogP contribution is -2.41. The molecule has 1 aromatic heterocycles. The standard InChI is InChI=1S/C14H18N2O2S3/c1-10-9-16(6-7-19-10)21(17,18)14-11-4-2-3-5-12(11)20-13(14)8-15/h2-5,10H,6-9,15H2,1H3. The maximum atomic E-state index is 13.1. The van der Waals surface area contributed by atoms with Gasteiger partial charge in [0.1, 0.15) is 4.90 Å². The molecule has 0 radical (unpaired) electrons. The SMILES string of the molecule is CC1CN(S(=O)(=O)c2c(CN)sc3ccccc23)CCS1. The fourth-order valence-corrected chi connectivity index (χ4v) is 7.17. The summed E-state index contributed by atoms with van der Waals surface area (Å²) in [6, 6.07) is 7.63. The second-order valence-electron chi connectivity index (χ2n) is 5.10. The molecule has 2 heterocycles. The van der Waals surface area contributed by atoms with E-state index < -0.39 is 10.0 Å². The van der Waals surface area contributed by atoms with Crippen molar-refractivity contribution in [3.8, 4) is 0 Å². The van der Waals surface area contributed by atoms with Crippen molar-refractivity contribution < 1.29 is 8.42 Å². The van der Waals surface area contributed by atoms with Crippen molar-refractivity contribution in [3.63, 3.8) is 0 Å². The molecule has 1 aliphatic heterocycles. The van der Waals surface area contributed by atoms with Crippen molar-refractivity contribution in [2.75, 3.05) is 18.8 Å². The molecular formula is C14H18N2O2S3. The van der Waals surface area contributed by atoms with Gasteiger partial charge in [-0.2, -0.15) is 16.1 Å². The Bertz CT molecular complexity index is 755. The first-order chi connectivity index (χ1) is 10.0. The molecule has 21 heavy (non-hydrogen) atoms. The van der Waals surface area contributed by atoms with Crippen LogP contribution in [0.1, 0.15) is 11.8 Å². The molecule has 1 unspecified atom stereocenters. The highest BCUT2D eigenvalue weighted by Crippen LogP contribution is 2.37. The summed E-state index contributed by atoms with van der Waals surface area (Å²) in [6.07, 6.45) is 0. The third kappa shape index (κ3) is 2.73. The van der Waals surface area contributed by atoms with Gasteiger partial charge in [0.2, 0.25) is 10.0 Å². The summed E-state index contributed by atoms with van der Waals surface area (Å²) in [6.45, 7) is 3.47. The van der Waals surface area contributed by atoms with Gasteiger partial charge in [-0.25, -0.2) is 8.42 Å². The lowest BCUT2D eigenvalue weighted by Gasteiger charge is -2.29. The average molecular weight is 343 g/mol. The summed E-state index contributed by atoms with van der Waals surface area (Å²) in [4.78, 5) is 1.17. The van der Waals surface area contributed by atoms with Gasteiger partial charge in [-0.05, 0) is 6.07 Å². The van der Waals surface area contributed by atoms with E-state index in [0.29, 0.717) is 23.2 Å². The summed E-state index contributed by atoms with van der Waals surface area (Å²) >= 11 is 3.30. The van der Waals surface area contributed by atoms with Gasteiger partial charge in [-0.3, -0.25) is 0 Å². The highest BCUT2D eigenvalue weighted by atomic mass is 32.2. The van der Waals surface area contributed by atoms with Crippen LogP contribution in [0.2, 0.25) is 0 Å². The molecule has 7 heteroatoms. The molecule has 0 amide bonds. The lowest BCUT2D eigenvalue weighted by molar-refractivity contribution is 0.424. The van der Waals surface area contributed by atoms with Crippen molar-refractivity contribution >= 4 is 43.2 Å². The summed E-state index contributed by atoms with van der Waals surface area (Å²) in [5, 5.41) is 1.13. The number of hydrogen-bond acceptors (Lipinski definition) is 5. The zero-order valence-corrected chi connectivity index (χ0v) is 14.2. The molecule has 0 aliphatic carbocycles. The molecule has 114 valence electrons. The first-order valence-electron chi connectivity index (χ1n) is 6.86. The number of nitrogens with zero attached hydrogens (tertiary/aromatic N) is 1. The number of rotatable bonds is 3. The Balaban J connectivity index is 2.14. The van der Waals surface area contributed by atoms with E-state index in [0.717, 1.165) is 20.7 Å². The van der Waals surface area contributed by atoms with E-state index in [4.69, 9.17) is 5.73 Å². The van der Waals surface area contributed by atoms with Gasteiger partial charge in [0.15, 0.2) is 0 Å². The predicted molar refractivity (Wildman–Crippen MR) is 90.4 cm³/mol. The Morgan fingerprint density at radius 3 is 2.86 bits per heavy atom. The summed E-state index contributed by atoms with van der Waals surface area (Å²) < 4.78 is 28.7. The Morgan fingerprint density at radius 1 is 1.38 bits per heavy atom. The third-order valence-corrected chi connectivity index (χ3v) is 8.06. The van der Waals surface area contributed by atoms with E-state index in [1.54, 1.807) is 4.31 Å². The van der Waals surface area contributed by atoms with Gasteiger partial charge in [0.05, 0.1) is 0 Å². The monoisotopic (exact) mass is 342 g/mol. The normalized spacial score (nSPS) is 21.0. The molecule has 0 saturated carbocycles. The fourth-order valence-electron chi connectivity index (χ4n) is 2.62. The summed E-state index contributed by atoms with van der Waals surface area (Å²) in [7, 11) is -3.47. The smallest absolute Gasteiger partial charge is 0.244 e. The highest BCUT2D eigenvalue weighted by molar-refractivity contribution is 8.00. The number of thioether (sulfide) groups is 1. The van der Waals surface area contributed by atoms with Gasteiger partial charge in [-0.1, -0.05) is 25.1 Å². The van der Waals surface area contributed by atoms with Crippen LogP contribution in [0.5, 0.6) is 0 Å². The van der Waals surface area contributed by atoms with E-state index >= 15 is 0 Å². The fraction of sp³-hybridized carbons (Fsp3) is 0.429. The quantitative estimate of drug-likeness (QED) is 0.931. The van der Waals surface area contributed by atoms with Crippen LogP contribution in [0.4, 0.5) is 0 Å². The molecule has 3 rings (SSSR count). The molecule has 0 bridgehead atoms. The number of sulfonamides is 1. The molecule has 1 aliphatic rings. The Hall–Kier alpha value is -0.600. The van der Waals surface area contributed by atoms with E-state index in [1.807, 2.05) is 36.0 Å². The zero-order chi connectivity index (χ0) is 15.0. The van der Waals surface area contributed by atoms with Crippen molar-refractivity contribution in [1.82, 2.24) is 4.31 Å². The minimum Gasteiger partial charge on any atom is -0.326 e. The molecule has 0 spiro atoms. The number of nitrogens with two attached hydrogens (primary N) is 1. The average Bonchev–Trinajstić information content (AvgIpc) is 2.86. The molecule has 4 nitrogen and oxygen atoms in total. The van der Waals surface area contributed by atoms with Crippen LogP contribution in [0.25, 0.3) is 10.1 Å². The van der Waals surface area contributed by atoms with Gasteiger partial charge in [-0.15, -0.1) is 11.3 Å². The van der Waals surface area contributed by atoms with Crippen LogP contribution < -0.4 is 5.73 Å². The molecular weight excluding hydrogens is 324 g/mol. The van der Waals surface area contributed by atoms with E-state index in [1.165, 1.54) is 11.3 Å². The Morgan fingerprint density at radius 2 is 2.14 bits per heavy atom. The van der Waals surface area contributed by atoms with Crippen LogP contribution in [-0.2, 0) is 16.6 Å². The number of benzene rings is 1. The molecule has 1 aromatic carbocycles. The topological polar surface area (TPSA) is 63.4 Å². The Kier molecular flexibility index (Phi) is 4.29. The maximum absolute atomic E-state index is 13.1. The predicted octanol–water partition coefficient (Wildman–Crippen LogP) is 2.49. The summed E-state index contributed by atoms with van der Waals surface area (Å²) in [5.74, 6) is 0.848. The number of fused-ring (bicyclic) bond motifs is 1. The molecule has 1 atom stereocenters. The maximum Gasteiger partial charge on any atom is 0.244 e. The summed E-state index contributed by atoms with van der Waals surface area (Å²) in [5.41, 5.74) is 5.79. The van der Waals surface area contributed by atoms with Crippen molar-refractivity contribution in [2.45, 2.75) is 23.6 Å². The van der Waals surface area contributed by atoms with E-state index in [-0.39, 0.29) is 6.54 Å². The second-order valence-corrected chi connectivity index (χ2v) is 9.66. The lowest BCUT2D eigenvalue weighted by atomic mass is 10.2. The largest absolute Gasteiger partial charge is 0.326 e. The van der Waals surface area contributed by atoms with Crippen molar-refractivity contribution in [2.24, 2.45) is 5.73 Å². The highest BCUT2D eigenvalue weighted by Gasteiger charge is 2.32. The van der Waals surface area contributed by atoms with Crippen molar-refractivity contribution in [1.29, 1.82) is 0 Å². The zero-order valence-electron chi connectivity index (χ0n) is 11.8. The van der Waals surface area contributed by atoms with Crippen LogP contribution in [0.3, 0.4) is 0 Å². The van der Waals surface area contributed by atoms with Crippen LogP contribution in [0, 0.1) is 0 Å². The molecule has 2 aromatic rings. The van der Waals surface area contributed by atoms with Gasteiger partial charge in [0, 0.05) is 45.6 Å². The van der Waals surface area contributed by atoms with E-state index in [2.05, 4.69) is 6.92 Å². The molecule has 1 fully saturated rings. The second kappa shape index (κ2) is 5.89. The number of thiophene rings is 1. The van der Waals surface area contributed by atoms with Gasteiger partial charge in [0.25, 0.3) is 0 Å². The first kappa shape index (κ1) is 15.3. The minimum atomic E-state index is -3.47. The van der Waals surface area contributed by atoms with Crippen LogP contribution in [-0.4, -0.2) is 36.8 Å². The van der Waals surface area contributed by atoms with Crippen LogP contribution >= 0.6 is 23.1 Å². The Labute approximate surface area is 133 Å². The number of hydrogen-bond donors (Lipinski definition) is 1. The van der Waals surface area contributed by atoms with Crippen molar-refractivity contribution in [3.05, 3.63) is 29.1 Å². The minimum absolute atomic E-state index is 0.256. The molecule has 2 N–H and O–H groups in total. The van der Waals surface area contributed by atoms with Crippen LogP contribution in [0.15, 0.2) is 29.2 Å². The van der Waals surface area contributed by atoms with E-state index in [9.17, 15) is 8.42 Å². The first-order valence-corrected chi connectivity index (χ1v) is 10.2. The third-order valence-electron chi connectivity index (χ3n) is 3.61. The van der Waals surface area contributed by atoms with Gasteiger partial charge >= 0.3 is 0 Å². The molecule has 1 saturated heterocycles. The van der Waals surface area contributed by atoms with Gasteiger partial charge < -0.3 is 5.73 Å².